The fourth-order valence-corrected chi connectivity index (χ4v) is 3.10. The number of anilines is 1. The van der Waals surface area contributed by atoms with Gasteiger partial charge in [-0.3, -0.25) is 4.79 Å². The molecule has 118 valence electrons. The van der Waals surface area contributed by atoms with Crippen molar-refractivity contribution in [3.8, 4) is 0 Å². The van der Waals surface area contributed by atoms with E-state index in [0.717, 1.165) is 24.1 Å². The second kappa shape index (κ2) is 6.24. The van der Waals surface area contributed by atoms with Crippen LogP contribution in [0.15, 0.2) is 42.5 Å². The van der Waals surface area contributed by atoms with E-state index in [9.17, 15) is 9.59 Å². The van der Waals surface area contributed by atoms with Gasteiger partial charge >= 0.3 is 5.97 Å². The molecule has 0 N–H and O–H groups in total. The van der Waals surface area contributed by atoms with E-state index in [-0.39, 0.29) is 5.91 Å². The molecule has 3 rings (SSSR count). The molecule has 0 saturated carbocycles. The predicted molar refractivity (Wildman–Crippen MR) is 89.0 cm³/mol. The Bertz CT molecular complexity index is 767. The predicted octanol–water partition coefficient (Wildman–Crippen LogP) is 3.37. The summed E-state index contributed by atoms with van der Waals surface area (Å²) in [6, 6.07) is 12.8. The number of nitrogens with zero attached hydrogens (tertiary/aromatic N) is 1. The van der Waals surface area contributed by atoms with E-state index in [1.165, 1.54) is 12.7 Å². The summed E-state index contributed by atoms with van der Waals surface area (Å²) in [6.45, 7) is 2.72. The van der Waals surface area contributed by atoms with Crippen LogP contribution >= 0.6 is 0 Å². The van der Waals surface area contributed by atoms with E-state index < -0.39 is 5.97 Å². The number of ether oxygens (including phenoxy) is 1. The van der Waals surface area contributed by atoms with Crippen LogP contribution in [-0.4, -0.2) is 25.5 Å². The monoisotopic (exact) mass is 309 g/mol. The number of esters is 1. The third-order valence-electron chi connectivity index (χ3n) is 4.19. The zero-order valence-electron chi connectivity index (χ0n) is 13.3. The van der Waals surface area contributed by atoms with Crippen LogP contribution in [-0.2, 0) is 11.2 Å². The largest absolute Gasteiger partial charge is 0.465 e. The SMILES string of the molecule is COC(=O)c1cccc(C(=O)N2CCCc3cccc(C)c32)c1. The first-order chi connectivity index (χ1) is 11.1. The lowest BCUT2D eigenvalue weighted by Gasteiger charge is -2.31. The molecule has 0 atom stereocenters. The van der Waals surface area contributed by atoms with Crippen LogP contribution in [0.5, 0.6) is 0 Å². The van der Waals surface area contributed by atoms with Crippen molar-refractivity contribution in [2.45, 2.75) is 19.8 Å². The Hall–Kier alpha value is -2.62. The van der Waals surface area contributed by atoms with E-state index in [1.807, 2.05) is 24.0 Å². The minimum atomic E-state index is -0.435. The quantitative estimate of drug-likeness (QED) is 0.799. The lowest BCUT2D eigenvalue weighted by atomic mass is 9.97. The van der Waals surface area contributed by atoms with Gasteiger partial charge in [0.1, 0.15) is 0 Å². The number of fused-ring (bicyclic) bond motifs is 1. The third-order valence-corrected chi connectivity index (χ3v) is 4.19. The van der Waals surface area contributed by atoms with E-state index in [4.69, 9.17) is 4.74 Å². The van der Waals surface area contributed by atoms with Crippen molar-refractivity contribution < 1.29 is 14.3 Å². The van der Waals surface area contributed by atoms with Crippen molar-refractivity contribution in [3.63, 3.8) is 0 Å². The smallest absolute Gasteiger partial charge is 0.337 e. The molecule has 2 aromatic rings. The Morgan fingerprint density at radius 2 is 1.83 bits per heavy atom. The second-order valence-corrected chi connectivity index (χ2v) is 5.72. The van der Waals surface area contributed by atoms with Crippen molar-refractivity contribution in [2.75, 3.05) is 18.6 Å². The zero-order chi connectivity index (χ0) is 16.4. The molecule has 2 aromatic carbocycles. The number of aryl methyl sites for hydroxylation is 2. The first-order valence-electron chi connectivity index (χ1n) is 7.70. The second-order valence-electron chi connectivity index (χ2n) is 5.72. The molecule has 0 saturated heterocycles. The molecule has 1 aliphatic rings. The van der Waals surface area contributed by atoms with Crippen molar-refractivity contribution in [1.82, 2.24) is 0 Å². The summed E-state index contributed by atoms with van der Waals surface area (Å²) in [7, 11) is 1.33. The zero-order valence-corrected chi connectivity index (χ0v) is 13.3. The molecule has 1 heterocycles. The maximum absolute atomic E-state index is 13.0. The third kappa shape index (κ3) is 2.84. The Morgan fingerprint density at radius 3 is 2.61 bits per heavy atom. The molecule has 0 bridgehead atoms. The van der Waals surface area contributed by atoms with Gasteiger partial charge in [0, 0.05) is 12.1 Å². The first-order valence-corrected chi connectivity index (χ1v) is 7.70. The van der Waals surface area contributed by atoms with Crippen LogP contribution in [0.3, 0.4) is 0 Å². The minimum absolute atomic E-state index is 0.0778. The summed E-state index contributed by atoms with van der Waals surface area (Å²) in [5.74, 6) is -0.513. The average molecular weight is 309 g/mol. The van der Waals surface area contributed by atoms with Gasteiger partial charge in [-0.05, 0) is 49.1 Å². The van der Waals surface area contributed by atoms with E-state index in [2.05, 4.69) is 6.07 Å². The van der Waals surface area contributed by atoms with Gasteiger partial charge in [-0.25, -0.2) is 4.79 Å². The normalized spacial score (nSPS) is 13.4. The molecule has 4 heteroatoms. The molecule has 0 fully saturated rings. The number of hydrogen-bond donors (Lipinski definition) is 0. The average Bonchev–Trinajstić information content (AvgIpc) is 2.60. The summed E-state index contributed by atoms with van der Waals surface area (Å²) in [4.78, 5) is 26.4. The number of para-hydroxylation sites is 1. The van der Waals surface area contributed by atoms with Gasteiger partial charge in [0.15, 0.2) is 0 Å². The highest BCUT2D eigenvalue weighted by Gasteiger charge is 2.25. The number of carbonyl (C=O) groups excluding carboxylic acids is 2. The van der Waals surface area contributed by atoms with Gasteiger partial charge in [-0.1, -0.05) is 24.3 Å². The van der Waals surface area contributed by atoms with Crippen molar-refractivity contribution >= 4 is 17.6 Å². The topological polar surface area (TPSA) is 46.6 Å². The molecule has 0 unspecified atom stereocenters. The molecule has 23 heavy (non-hydrogen) atoms. The molecular weight excluding hydrogens is 290 g/mol. The Kier molecular flexibility index (Phi) is 4.15. The molecule has 0 radical (unpaired) electrons. The van der Waals surface area contributed by atoms with Gasteiger partial charge in [-0.15, -0.1) is 0 Å². The van der Waals surface area contributed by atoms with Gasteiger partial charge < -0.3 is 9.64 Å². The number of methoxy groups -OCH3 is 1. The highest BCUT2D eigenvalue weighted by atomic mass is 16.5. The highest BCUT2D eigenvalue weighted by molar-refractivity contribution is 6.08. The maximum atomic E-state index is 13.0. The fraction of sp³-hybridized carbons (Fsp3) is 0.263. The molecule has 0 aliphatic carbocycles. The molecule has 0 spiro atoms. The molecule has 1 aliphatic heterocycles. The standard InChI is InChI=1S/C19H19NO3/c1-13-6-3-7-14-10-5-11-20(17(13)14)18(21)15-8-4-9-16(12-15)19(22)23-2/h3-4,6-9,12H,5,10-11H2,1-2H3. The lowest BCUT2D eigenvalue weighted by Crippen LogP contribution is -2.36. The fourth-order valence-electron chi connectivity index (χ4n) is 3.10. The van der Waals surface area contributed by atoms with Crippen LogP contribution in [0.4, 0.5) is 5.69 Å². The van der Waals surface area contributed by atoms with E-state index >= 15 is 0 Å². The molecule has 4 nitrogen and oxygen atoms in total. The van der Waals surface area contributed by atoms with Gasteiger partial charge in [0.25, 0.3) is 5.91 Å². The first kappa shape index (κ1) is 15.3. The summed E-state index contributed by atoms with van der Waals surface area (Å²) < 4.78 is 4.73. The summed E-state index contributed by atoms with van der Waals surface area (Å²) in [5.41, 5.74) is 4.20. The number of amides is 1. The maximum Gasteiger partial charge on any atom is 0.337 e. The van der Waals surface area contributed by atoms with Crippen molar-refractivity contribution in [2.24, 2.45) is 0 Å². The Balaban J connectivity index is 1.98. The molecular formula is C19H19NO3. The van der Waals surface area contributed by atoms with E-state index in [1.54, 1.807) is 24.3 Å². The minimum Gasteiger partial charge on any atom is -0.465 e. The lowest BCUT2D eigenvalue weighted by molar-refractivity contribution is 0.0600. The number of benzene rings is 2. The van der Waals surface area contributed by atoms with Crippen LogP contribution in [0.1, 0.15) is 38.3 Å². The van der Waals surface area contributed by atoms with Crippen LogP contribution < -0.4 is 4.90 Å². The van der Waals surface area contributed by atoms with Gasteiger partial charge in [0.2, 0.25) is 0 Å². The van der Waals surface area contributed by atoms with E-state index in [0.29, 0.717) is 17.7 Å². The van der Waals surface area contributed by atoms with Gasteiger partial charge in [-0.2, -0.15) is 0 Å². The number of rotatable bonds is 2. The van der Waals surface area contributed by atoms with Crippen molar-refractivity contribution in [3.05, 3.63) is 64.7 Å². The van der Waals surface area contributed by atoms with Crippen LogP contribution in [0.2, 0.25) is 0 Å². The number of hydrogen-bond acceptors (Lipinski definition) is 3. The number of carbonyl (C=O) groups is 2. The summed E-state index contributed by atoms with van der Waals surface area (Å²) in [5, 5.41) is 0. The summed E-state index contributed by atoms with van der Waals surface area (Å²) in [6.07, 6.45) is 1.93. The molecule has 0 aromatic heterocycles. The van der Waals surface area contributed by atoms with Crippen molar-refractivity contribution in [1.29, 1.82) is 0 Å². The Labute approximate surface area is 135 Å². The van der Waals surface area contributed by atoms with Gasteiger partial charge in [0.05, 0.1) is 18.4 Å². The van der Waals surface area contributed by atoms with Crippen LogP contribution in [0.25, 0.3) is 0 Å². The van der Waals surface area contributed by atoms with Crippen LogP contribution in [0, 0.1) is 6.92 Å². The summed E-state index contributed by atoms with van der Waals surface area (Å²) >= 11 is 0. The highest BCUT2D eigenvalue weighted by Crippen LogP contribution is 2.31. The molecule has 1 amide bonds. The Morgan fingerprint density at radius 1 is 1.09 bits per heavy atom.